The van der Waals surface area contributed by atoms with Gasteiger partial charge in [0, 0.05) is 17.6 Å². The van der Waals surface area contributed by atoms with Gasteiger partial charge in [0.2, 0.25) is 0 Å². The number of aliphatic hydroxyl groups excluding tert-OH is 2. The zero-order valence-electron chi connectivity index (χ0n) is 13.5. The highest BCUT2D eigenvalue weighted by molar-refractivity contribution is 5.94. The summed E-state index contributed by atoms with van der Waals surface area (Å²) in [6.45, 7) is 5.49. The molecule has 0 saturated heterocycles. The molecule has 1 atom stereocenters. The third-order valence-electron chi connectivity index (χ3n) is 3.21. The summed E-state index contributed by atoms with van der Waals surface area (Å²) in [4.78, 5) is 11.3. The average Bonchev–Trinajstić information content (AvgIpc) is 2.50. The predicted octanol–water partition coefficient (Wildman–Crippen LogP) is 0.998. The molecule has 6 nitrogen and oxygen atoms in total. The second kappa shape index (κ2) is 8.12. The maximum atomic E-state index is 11.3. The first-order chi connectivity index (χ1) is 10.3. The zero-order valence-corrected chi connectivity index (χ0v) is 13.5. The number of ether oxygens (including phenoxy) is 2. The summed E-state index contributed by atoms with van der Waals surface area (Å²) in [5.41, 5.74) is 0.0815. The van der Waals surface area contributed by atoms with Gasteiger partial charge < -0.3 is 25.0 Å². The van der Waals surface area contributed by atoms with Crippen molar-refractivity contribution in [3.05, 3.63) is 23.8 Å². The van der Waals surface area contributed by atoms with Gasteiger partial charge in [0.1, 0.15) is 12.7 Å². The van der Waals surface area contributed by atoms with Gasteiger partial charge in [-0.3, -0.25) is 4.79 Å². The number of hydrogen-bond acceptors (Lipinski definition) is 6. The van der Waals surface area contributed by atoms with Crippen LogP contribution in [0.15, 0.2) is 18.2 Å². The van der Waals surface area contributed by atoms with Gasteiger partial charge >= 0.3 is 0 Å². The van der Waals surface area contributed by atoms with Crippen molar-refractivity contribution in [2.75, 3.05) is 26.9 Å². The molecule has 3 N–H and O–H groups in total. The van der Waals surface area contributed by atoms with Crippen LogP contribution in [-0.4, -0.2) is 54.5 Å². The van der Waals surface area contributed by atoms with Crippen LogP contribution in [0.4, 0.5) is 0 Å². The summed E-state index contributed by atoms with van der Waals surface area (Å²) >= 11 is 0. The van der Waals surface area contributed by atoms with Gasteiger partial charge in [0.15, 0.2) is 17.3 Å². The summed E-state index contributed by atoms with van der Waals surface area (Å²) in [5.74, 6) is 0.858. The van der Waals surface area contributed by atoms with E-state index in [0.717, 1.165) is 0 Å². The first-order valence-electron chi connectivity index (χ1n) is 7.15. The number of carbonyl (C=O) groups is 1. The fourth-order valence-electron chi connectivity index (χ4n) is 1.70. The van der Waals surface area contributed by atoms with E-state index in [1.165, 1.54) is 14.0 Å². The topological polar surface area (TPSA) is 88.0 Å². The summed E-state index contributed by atoms with van der Waals surface area (Å²) in [6, 6.07) is 4.91. The molecule has 0 aromatic heterocycles. The molecule has 0 radical (unpaired) electrons. The molecule has 0 heterocycles. The molecule has 0 amide bonds. The molecule has 0 fully saturated rings. The molecule has 0 aliphatic rings. The molecule has 22 heavy (non-hydrogen) atoms. The molecule has 0 aliphatic heterocycles. The largest absolute Gasteiger partial charge is 0.493 e. The Morgan fingerprint density at radius 1 is 1.36 bits per heavy atom. The fourth-order valence-corrected chi connectivity index (χ4v) is 1.70. The van der Waals surface area contributed by atoms with Gasteiger partial charge in [-0.2, -0.15) is 0 Å². The van der Waals surface area contributed by atoms with Crippen molar-refractivity contribution in [2.45, 2.75) is 32.4 Å². The van der Waals surface area contributed by atoms with Crippen LogP contribution in [0.25, 0.3) is 0 Å². The Bertz CT molecular complexity index is 501. The van der Waals surface area contributed by atoms with Gasteiger partial charge in [-0.25, -0.2) is 0 Å². The first kappa shape index (κ1) is 18.4. The van der Waals surface area contributed by atoms with Gasteiger partial charge in [-0.05, 0) is 39.0 Å². The maximum absolute atomic E-state index is 11.3. The van der Waals surface area contributed by atoms with Gasteiger partial charge in [0.25, 0.3) is 0 Å². The SMILES string of the molecule is COc1cc(C(C)=O)ccc1OC[C@H](O)CNC(C)(C)CO. The molecule has 0 saturated carbocycles. The maximum Gasteiger partial charge on any atom is 0.161 e. The number of Topliss-reactive ketones (excluding diaryl/α,β-unsaturated/α-hetero) is 1. The lowest BCUT2D eigenvalue weighted by Gasteiger charge is -2.25. The van der Waals surface area contributed by atoms with Crippen LogP contribution in [0.3, 0.4) is 0 Å². The summed E-state index contributed by atoms with van der Waals surface area (Å²) < 4.78 is 10.7. The van der Waals surface area contributed by atoms with Crippen LogP contribution >= 0.6 is 0 Å². The Morgan fingerprint density at radius 2 is 2.05 bits per heavy atom. The lowest BCUT2D eigenvalue weighted by Crippen LogP contribution is -2.47. The normalized spacial score (nSPS) is 12.8. The highest BCUT2D eigenvalue weighted by Crippen LogP contribution is 2.28. The van der Waals surface area contributed by atoms with Gasteiger partial charge in [-0.15, -0.1) is 0 Å². The van der Waals surface area contributed by atoms with Crippen molar-refractivity contribution in [2.24, 2.45) is 0 Å². The lowest BCUT2D eigenvalue weighted by atomic mass is 10.1. The molecule has 0 unspecified atom stereocenters. The number of methoxy groups -OCH3 is 1. The third kappa shape index (κ3) is 5.63. The number of carbonyl (C=O) groups excluding carboxylic acids is 1. The molecular weight excluding hydrogens is 286 g/mol. The Labute approximate surface area is 131 Å². The van der Waals surface area contributed by atoms with Crippen molar-refractivity contribution >= 4 is 5.78 Å². The molecule has 1 rings (SSSR count). The quantitative estimate of drug-likeness (QED) is 0.590. The first-order valence-corrected chi connectivity index (χ1v) is 7.15. The van der Waals surface area contributed by atoms with Crippen molar-refractivity contribution in [3.8, 4) is 11.5 Å². The Balaban J connectivity index is 2.58. The highest BCUT2D eigenvalue weighted by atomic mass is 16.5. The molecule has 124 valence electrons. The number of aliphatic hydroxyl groups is 2. The number of rotatable bonds is 9. The molecular formula is C16H25NO5. The molecule has 0 bridgehead atoms. The molecule has 6 heteroatoms. The van der Waals surface area contributed by atoms with E-state index in [-0.39, 0.29) is 19.0 Å². The van der Waals surface area contributed by atoms with Crippen molar-refractivity contribution < 1.29 is 24.5 Å². The van der Waals surface area contributed by atoms with Crippen molar-refractivity contribution in [1.29, 1.82) is 0 Å². The van der Waals surface area contributed by atoms with Crippen LogP contribution < -0.4 is 14.8 Å². The third-order valence-corrected chi connectivity index (χ3v) is 3.21. The van der Waals surface area contributed by atoms with Crippen molar-refractivity contribution in [3.63, 3.8) is 0 Å². The van der Waals surface area contributed by atoms with Crippen LogP contribution in [0.1, 0.15) is 31.1 Å². The summed E-state index contributed by atoms with van der Waals surface area (Å²) in [5, 5.41) is 22.1. The number of hydrogen-bond donors (Lipinski definition) is 3. The van der Waals surface area contributed by atoms with E-state index < -0.39 is 11.6 Å². The van der Waals surface area contributed by atoms with Crippen LogP contribution in [-0.2, 0) is 0 Å². The molecule has 1 aromatic carbocycles. The minimum atomic E-state index is -0.733. The van der Waals surface area contributed by atoms with E-state index >= 15 is 0 Å². The van der Waals surface area contributed by atoms with Crippen LogP contribution in [0.5, 0.6) is 11.5 Å². The monoisotopic (exact) mass is 311 g/mol. The number of nitrogens with one attached hydrogen (secondary N) is 1. The average molecular weight is 311 g/mol. The molecule has 1 aromatic rings. The Kier molecular flexibility index (Phi) is 6.80. The van der Waals surface area contributed by atoms with Gasteiger partial charge in [-0.1, -0.05) is 0 Å². The number of β-amino-alcohol motifs (C(OH)–C–C–N with tert-alkyl or cyclic N) is 1. The Morgan fingerprint density at radius 3 is 2.59 bits per heavy atom. The Hall–Kier alpha value is -1.63. The van der Waals surface area contributed by atoms with E-state index in [2.05, 4.69) is 5.32 Å². The van der Waals surface area contributed by atoms with Crippen LogP contribution in [0.2, 0.25) is 0 Å². The minimum absolute atomic E-state index is 0.0269. The second-order valence-electron chi connectivity index (χ2n) is 5.81. The zero-order chi connectivity index (χ0) is 16.8. The van der Waals surface area contributed by atoms with E-state index in [1.54, 1.807) is 18.2 Å². The number of benzene rings is 1. The molecule has 0 aliphatic carbocycles. The van der Waals surface area contributed by atoms with E-state index in [9.17, 15) is 9.90 Å². The standard InChI is InChI=1S/C16H25NO5/c1-11(19)12-5-6-14(15(7-12)21-4)22-9-13(20)8-17-16(2,3)10-18/h5-7,13,17-18,20H,8-10H2,1-4H3/t13-/m1/s1. The molecule has 0 spiro atoms. The minimum Gasteiger partial charge on any atom is -0.493 e. The van der Waals surface area contributed by atoms with E-state index in [4.69, 9.17) is 14.6 Å². The summed E-state index contributed by atoms with van der Waals surface area (Å²) in [6.07, 6.45) is -0.733. The second-order valence-corrected chi connectivity index (χ2v) is 5.81. The highest BCUT2D eigenvalue weighted by Gasteiger charge is 2.17. The lowest BCUT2D eigenvalue weighted by molar-refractivity contribution is 0.0893. The van der Waals surface area contributed by atoms with E-state index in [1.807, 2.05) is 13.8 Å². The van der Waals surface area contributed by atoms with Crippen LogP contribution in [0, 0.1) is 0 Å². The predicted molar refractivity (Wildman–Crippen MR) is 83.7 cm³/mol. The number of ketones is 1. The van der Waals surface area contributed by atoms with E-state index in [0.29, 0.717) is 23.6 Å². The smallest absolute Gasteiger partial charge is 0.161 e. The summed E-state index contributed by atoms with van der Waals surface area (Å²) in [7, 11) is 1.49. The van der Waals surface area contributed by atoms with Crippen molar-refractivity contribution in [1.82, 2.24) is 5.32 Å². The fraction of sp³-hybridized carbons (Fsp3) is 0.562. The van der Waals surface area contributed by atoms with Gasteiger partial charge in [0.05, 0.1) is 13.7 Å².